The number of rotatable bonds is 5. The molecule has 0 saturated heterocycles. The van der Waals surface area contributed by atoms with Gasteiger partial charge in [0.15, 0.2) is 0 Å². The van der Waals surface area contributed by atoms with Crippen LogP contribution < -0.4 is 10.1 Å². The molecule has 0 aliphatic rings. The van der Waals surface area contributed by atoms with Crippen molar-refractivity contribution in [1.82, 2.24) is 5.32 Å². The van der Waals surface area contributed by atoms with Crippen LogP contribution in [0.25, 0.3) is 0 Å². The molecule has 1 atom stereocenters. The molecule has 1 N–H and O–H groups in total. The SMILES string of the molecule is CNC(C)Cc1ccc(Oc2ccccc2)cc1. The third kappa shape index (κ3) is 3.60. The molecule has 0 saturated carbocycles. The van der Waals surface area contributed by atoms with Gasteiger partial charge < -0.3 is 10.1 Å². The van der Waals surface area contributed by atoms with Crippen molar-refractivity contribution in [1.29, 1.82) is 0 Å². The van der Waals surface area contributed by atoms with Gasteiger partial charge in [-0.1, -0.05) is 30.3 Å². The quantitative estimate of drug-likeness (QED) is 0.863. The Morgan fingerprint density at radius 3 is 2.17 bits per heavy atom. The average Bonchev–Trinajstić information content (AvgIpc) is 2.42. The number of hydrogen-bond acceptors (Lipinski definition) is 2. The van der Waals surface area contributed by atoms with E-state index in [0.717, 1.165) is 17.9 Å². The second-order valence-electron chi connectivity index (χ2n) is 4.45. The first kappa shape index (κ1) is 12.7. The highest BCUT2D eigenvalue weighted by molar-refractivity contribution is 5.33. The Morgan fingerprint density at radius 2 is 1.56 bits per heavy atom. The van der Waals surface area contributed by atoms with E-state index in [4.69, 9.17) is 4.74 Å². The molecule has 0 aliphatic heterocycles. The van der Waals surface area contributed by atoms with E-state index in [2.05, 4.69) is 24.4 Å². The molecular weight excluding hydrogens is 222 g/mol. The lowest BCUT2D eigenvalue weighted by molar-refractivity contribution is 0.482. The fraction of sp³-hybridized carbons (Fsp3) is 0.250. The van der Waals surface area contributed by atoms with Crippen molar-refractivity contribution in [3.05, 3.63) is 60.2 Å². The first-order valence-corrected chi connectivity index (χ1v) is 6.27. The number of benzene rings is 2. The summed E-state index contributed by atoms with van der Waals surface area (Å²) in [5, 5.41) is 3.24. The molecule has 2 aromatic rings. The Hall–Kier alpha value is -1.80. The van der Waals surface area contributed by atoms with E-state index in [1.54, 1.807) is 0 Å². The Kier molecular flexibility index (Phi) is 4.37. The number of hydrogen-bond donors (Lipinski definition) is 1. The van der Waals surface area contributed by atoms with Gasteiger partial charge in [-0.25, -0.2) is 0 Å². The van der Waals surface area contributed by atoms with Crippen LogP contribution in [0.15, 0.2) is 54.6 Å². The molecule has 0 fully saturated rings. The molecule has 1 unspecified atom stereocenters. The minimum absolute atomic E-state index is 0.492. The molecular formula is C16H19NO. The van der Waals surface area contributed by atoms with Crippen molar-refractivity contribution >= 4 is 0 Å². The summed E-state index contributed by atoms with van der Waals surface area (Å²) in [4.78, 5) is 0. The number of ether oxygens (including phenoxy) is 1. The molecule has 0 amide bonds. The zero-order chi connectivity index (χ0) is 12.8. The fourth-order valence-corrected chi connectivity index (χ4v) is 1.77. The van der Waals surface area contributed by atoms with Crippen LogP contribution in [-0.4, -0.2) is 13.1 Å². The highest BCUT2D eigenvalue weighted by atomic mass is 16.5. The van der Waals surface area contributed by atoms with E-state index in [9.17, 15) is 0 Å². The maximum atomic E-state index is 5.75. The lowest BCUT2D eigenvalue weighted by Crippen LogP contribution is -2.23. The van der Waals surface area contributed by atoms with Crippen LogP contribution in [0.4, 0.5) is 0 Å². The summed E-state index contributed by atoms with van der Waals surface area (Å²) in [7, 11) is 1.98. The van der Waals surface area contributed by atoms with Crippen molar-refractivity contribution in [3.63, 3.8) is 0 Å². The summed E-state index contributed by atoms with van der Waals surface area (Å²) in [5.41, 5.74) is 1.32. The molecule has 18 heavy (non-hydrogen) atoms. The second-order valence-corrected chi connectivity index (χ2v) is 4.45. The van der Waals surface area contributed by atoms with Crippen molar-refractivity contribution in [2.24, 2.45) is 0 Å². The first-order chi connectivity index (χ1) is 8.78. The van der Waals surface area contributed by atoms with Gasteiger partial charge in [0.05, 0.1) is 0 Å². The third-order valence-corrected chi connectivity index (χ3v) is 2.94. The summed E-state index contributed by atoms with van der Waals surface area (Å²) in [6.07, 6.45) is 1.03. The third-order valence-electron chi connectivity index (χ3n) is 2.94. The Morgan fingerprint density at radius 1 is 0.944 bits per heavy atom. The van der Waals surface area contributed by atoms with Gasteiger partial charge in [-0.3, -0.25) is 0 Å². The normalized spacial score (nSPS) is 12.1. The molecule has 0 spiro atoms. The van der Waals surface area contributed by atoms with Crippen LogP contribution in [0, 0.1) is 0 Å². The molecule has 0 heterocycles. The molecule has 2 heteroatoms. The molecule has 2 rings (SSSR count). The molecule has 0 radical (unpaired) electrons. The lowest BCUT2D eigenvalue weighted by atomic mass is 10.1. The first-order valence-electron chi connectivity index (χ1n) is 6.27. The zero-order valence-electron chi connectivity index (χ0n) is 10.9. The van der Waals surface area contributed by atoms with Crippen LogP contribution in [0.1, 0.15) is 12.5 Å². The van der Waals surface area contributed by atoms with Gasteiger partial charge in [0.2, 0.25) is 0 Å². The Bertz CT molecular complexity index is 464. The van der Waals surface area contributed by atoms with Crippen LogP contribution in [-0.2, 0) is 6.42 Å². The molecule has 2 nitrogen and oxygen atoms in total. The van der Waals surface area contributed by atoms with Crippen LogP contribution in [0.5, 0.6) is 11.5 Å². The van der Waals surface area contributed by atoms with Crippen LogP contribution in [0.3, 0.4) is 0 Å². The van der Waals surface area contributed by atoms with Gasteiger partial charge >= 0.3 is 0 Å². The monoisotopic (exact) mass is 241 g/mol. The topological polar surface area (TPSA) is 21.3 Å². The summed E-state index contributed by atoms with van der Waals surface area (Å²) in [6.45, 7) is 2.17. The molecule has 0 bridgehead atoms. The molecule has 2 aromatic carbocycles. The highest BCUT2D eigenvalue weighted by Gasteiger charge is 2.01. The van der Waals surface area contributed by atoms with Crippen molar-refractivity contribution < 1.29 is 4.74 Å². The summed E-state index contributed by atoms with van der Waals surface area (Å²) in [6, 6.07) is 18.6. The van der Waals surface area contributed by atoms with E-state index >= 15 is 0 Å². The fourth-order valence-electron chi connectivity index (χ4n) is 1.77. The van der Waals surface area contributed by atoms with Crippen molar-refractivity contribution in [2.45, 2.75) is 19.4 Å². The maximum Gasteiger partial charge on any atom is 0.127 e. The van der Waals surface area contributed by atoms with Gasteiger partial charge in [-0.05, 0) is 50.2 Å². The maximum absolute atomic E-state index is 5.75. The van der Waals surface area contributed by atoms with E-state index in [-0.39, 0.29) is 0 Å². The second kappa shape index (κ2) is 6.22. The van der Waals surface area contributed by atoms with E-state index in [1.165, 1.54) is 5.56 Å². The van der Waals surface area contributed by atoms with E-state index in [1.807, 2.05) is 49.5 Å². The highest BCUT2D eigenvalue weighted by Crippen LogP contribution is 2.21. The smallest absolute Gasteiger partial charge is 0.127 e. The predicted molar refractivity (Wildman–Crippen MR) is 75.2 cm³/mol. The summed E-state index contributed by atoms with van der Waals surface area (Å²) < 4.78 is 5.75. The van der Waals surface area contributed by atoms with E-state index < -0.39 is 0 Å². The van der Waals surface area contributed by atoms with Gasteiger partial charge in [-0.2, -0.15) is 0 Å². The standard InChI is InChI=1S/C16H19NO/c1-13(17-2)12-14-8-10-16(11-9-14)18-15-6-4-3-5-7-15/h3-11,13,17H,12H2,1-2H3. The molecule has 0 aliphatic carbocycles. The lowest BCUT2D eigenvalue weighted by Gasteiger charge is -2.10. The number of nitrogens with one attached hydrogen (secondary N) is 1. The minimum Gasteiger partial charge on any atom is -0.457 e. The van der Waals surface area contributed by atoms with Gasteiger partial charge in [0, 0.05) is 6.04 Å². The zero-order valence-corrected chi connectivity index (χ0v) is 10.9. The Labute approximate surface area is 109 Å². The van der Waals surface area contributed by atoms with Gasteiger partial charge in [-0.15, -0.1) is 0 Å². The van der Waals surface area contributed by atoms with Gasteiger partial charge in [0.25, 0.3) is 0 Å². The minimum atomic E-state index is 0.492. The summed E-state index contributed by atoms with van der Waals surface area (Å²) >= 11 is 0. The van der Waals surface area contributed by atoms with Crippen LogP contribution in [0.2, 0.25) is 0 Å². The number of likely N-dealkylation sites (N-methyl/N-ethyl adjacent to an activating group) is 1. The average molecular weight is 241 g/mol. The summed E-state index contributed by atoms with van der Waals surface area (Å²) in [5.74, 6) is 1.75. The van der Waals surface area contributed by atoms with Gasteiger partial charge in [0.1, 0.15) is 11.5 Å². The molecule has 94 valence electrons. The predicted octanol–water partition coefficient (Wildman–Crippen LogP) is 3.63. The van der Waals surface area contributed by atoms with E-state index in [0.29, 0.717) is 6.04 Å². The van der Waals surface area contributed by atoms with Crippen LogP contribution >= 0.6 is 0 Å². The Balaban J connectivity index is 2.00. The molecule has 0 aromatic heterocycles. The van der Waals surface area contributed by atoms with Crippen molar-refractivity contribution in [3.8, 4) is 11.5 Å². The largest absolute Gasteiger partial charge is 0.457 e. The van der Waals surface area contributed by atoms with Crippen molar-refractivity contribution in [2.75, 3.05) is 7.05 Å². The number of para-hydroxylation sites is 1.